The summed E-state index contributed by atoms with van der Waals surface area (Å²) in [4.78, 5) is 0. The highest BCUT2D eigenvalue weighted by Crippen LogP contribution is 2.41. The van der Waals surface area contributed by atoms with Gasteiger partial charge in [-0.3, -0.25) is 0 Å². The molecule has 0 saturated carbocycles. The number of aromatic hydroxyl groups is 1. The number of ether oxygens (including phenoxy) is 2. The predicted octanol–water partition coefficient (Wildman–Crippen LogP) is 3.73. The van der Waals surface area contributed by atoms with Crippen LogP contribution < -0.4 is 9.47 Å². The summed E-state index contributed by atoms with van der Waals surface area (Å²) in [5.74, 6) is 1.32. The van der Waals surface area contributed by atoms with Gasteiger partial charge >= 0.3 is 0 Å². The maximum atomic E-state index is 9.92. The Balaban J connectivity index is 2.66. The summed E-state index contributed by atoms with van der Waals surface area (Å²) in [6.07, 6.45) is 0. The number of phenolic OH excluding ortho intramolecular Hbond substituents is 1. The van der Waals surface area contributed by atoms with Gasteiger partial charge in [0.15, 0.2) is 11.5 Å². The smallest absolute Gasteiger partial charge is 0.168 e. The van der Waals surface area contributed by atoms with Crippen molar-refractivity contribution in [1.29, 1.82) is 0 Å². The zero-order valence-corrected chi connectivity index (χ0v) is 10.9. The van der Waals surface area contributed by atoms with E-state index in [1.54, 1.807) is 38.5 Å². The molecule has 2 aromatic carbocycles. The third-order valence-electron chi connectivity index (χ3n) is 2.65. The first-order chi connectivity index (χ1) is 8.67. The van der Waals surface area contributed by atoms with Crippen LogP contribution in [-0.4, -0.2) is 19.3 Å². The molecule has 0 aliphatic rings. The van der Waals surface area contributed by atoms with Crippen LogP contribution in [0.2, 0.25) is 5.02 Å². The zero-order valence-electron chi connectivity index (χ0n) is 10.1. The van der Waals surface area contributed by atoms with Crippen molar-refractivity contribution in [2.24, 2.45) is 0 Å². The second kappa shape index (κ2) is 5.19. The summed E-state index contributed by atoms with van der Waals surface area (Å²) in [5, 5.41) is 10.5. The van der Waals surface area contributed by atoms with Crippen LogP contribution in [0.25, 0.3) is 11.1 Å². The molecule has 4 heteroatoms. The van der Waals surface area contributed by atoms with Crippen LogP contribution in [-0.2, 0) is 0 Å². The Kier molecular flexibility index (Phi) is 3.63. The normalized spacial score (nSPS) is 10.2. The van der Waals surface area contributed by atoms with Gasteiger partial charge in [0.1, 0.15) is 5.75 Å². The van der Waals surface area contributed by atoms with E-state index in [1.165, 1.54) is 0 Å². The number of hydrogen-bond acceptors (Lipinski definition) is 3. The van der Waals surface area contributed by atoms with Crippen LogP contribution in [0.5, 0.6) is 17.2 Å². The summed E-state index contributed by atoms with van der Waals surface area (Å²) in [6, 6.07) is 10.3. The van der Waals surface area contributed by atoms with E-state index in [2.05, 4.69) is 0 Å². The number of para-hydroxylation sites is 1. The van der Waals surface area contributed by atoms with Crippen molar-refractivity contribution >= 4 is 11.6 Å². The molecule has 2 rings (SSSR count). The second-order valence-corrected chi connectivity index (χ2v) is 4.14. The van der Waals surface area contributed by atoms with E-state index >= 15 is 0 Å². The Labute approximate surface area is 111 Å². The minimum Gasteiger partial charge on any atom is -0.507 e. The number of benzene rings is 2. The van der Waals surface area contributed by atoms with Gasteiger partial charge in [-0.15, -0.1) is 0 Å². The molecule has 0 aliphatic heterocycles. The lowest BCUT2D eigenvalue weighted by atomic mass is 10.0. The number of hydrogen-bond donors (Lipinski definition) is 1. The summed E-state index contributed by atoms with van der Waals surface area (Å²) in [6.45, 7) is 0. The molecule has 18 heavy (non-hydrogen) atoms. The molecule has 0 fully saturated rings. The summed E-state index contributed by atoms with van der Waals surface area (Å²) in [5.41, 5.74) is 1.34. The van der Waals surface area contributed by atoms with Crippen LogP contribution in [0.15, 0.2) is 36.4 Å². The molecule has 2 aromatic rings. The lowest BCUT2D eigenvalue weighted by molar-refractivity contribution is 0.356. The molecule has 0 aliphatic carbocycles. The Morgan fingerprint density at radius 1 is 1.00 bits per heavy atom. The number of rotatable bonds is 3. The van der Waals surface area contributed by atoms with E-state index in [0.29, 0.717) is 22.1 Å². The Bertz CT molecular complexity index is 567. The topological polar surface area (TPSA) is 38.7 Å². The SMILES string of the molecule is COc1cccc(-c2cc(Cl)ccc2O)c1OC. The van der Waals surface area contributed by atoms with Crippen molar-refractivity contribution in [3.63, 3.8) is 0 Å². The van der Waals surface area contributed by atoms with E-state index in [0.717, 1.165) is 5.56 Å². The Hall–Kier alpha value is -1.87. The fourth-order valence-corrected chi connectivity index (χ4v) is 2.00. The monoisotopic (exact) mass is 264 g/mol. The third kappa shape index (κ3) is 2.22. The molecule has 0 atom stereocenters. The van der Waals surface area contributed by atoms with Crippen LogP contribution in [0.4, 0.5) is 0 Å². The largest absolute Gasteiger partial charge is 0.507 e. The fourth-order valence-electron chi connectivity index (χ4n) is 1.82. The first kappa shape index (κ1) is 12.6. The second-order valence-electron chi connectivity index (χ2n) is 3.70. The molecule has 0 amide bonds. The van der Waals surface area contributed by atoms with Gasteiger partial charge in [-0.05, 0) is 24.3 Å². The highest BCUT2D eigenvalue weighted by Gasteiger charge is 2.14. The van der Waals surface area contributed by atoms with Crippen molar-refractivity contribution in [3.05, 3.63) is 41.4 Å². The van der Waals surface area contributed by atoms with Crippen LogP contribution in [0, 0.1) is 0 Å². The molecule has 94 valence electrons. The van der Waals surface area contributed by atoms with Gasteiger partial charge < -0.3 is 14.6 Å². The van der Waals surface area contributed by atoms with Crippen molar-refractivity contribution in [2.45, 2.75) is 0 Å². The van der Waals surface area contributed by atoms with Crippen LogP contribution >= 0.6 is 11.6 Å². The summed E-state index contributed by atoms with van der Waals surface area (Å²) in [7, 11) is 3.13. The molecular weight excluding hydrogens is 252 g/mol. The molecule has 0 unspecified atom stereocenters. The molecule has 1 N–H and O–H groups in total. The average Bonchev–Trinajstić information content (AvgIpc) is 2.40. The average molecular weight is 265 g/mol. The summed E-state index contributed by atoms with van der Waals surface area (Å²) < 4.78 is 10.6. The maximum absolute atomic E-state index is 9.92. The highest BCUT2D eigenvalue weighted by molar-refractivity contribution is 6.31. The van der Waals surface area contributed by atoms with Gasteiger partial charge in [-0.1, -0.05) is 23.7 Å². The van der Waals surface area contributed by atoms with Crippen molar-refractivity contribution in [1.82, 2.24) is 0 Å². The van der Waals surface area contributed by atoms with E-state index in [1.807, 2.05) is 12.1 Å². The fraction of sp³-hybridized carbons (Fsp3) is 0.143. The summed E-state index contributed by atoms with van der Waals surface area (Å²) >= 11 is 5.95. The van der Waals surface area contributed by atoms with Crippen molar-refractivity contribution < 1.29 is 14.6 Å². The van der Waals surface area contributed by atoms with Gasteiger partial charge in [0.2, 0.25) is 0 Å². The quantitative estimate of drug-likeness (QED) is 0.918. The Morgan fingerprint density at radius 3 is 2.44 bits per heavy atom. The van der Waals surface area contributed by atoms with Gasteiger partial charge in [-0.25, -0.2) is 0 Å². The van der Waals surface area contributed by atoms with E-state index in [4.69, 9.17) is 21.1 Å². The minimum absolute atomic E-state index is 0.144. The minimum atomic E-state index is 0.144. The van der Waals surface area contributed by atoms with Crippen molar-refractivity contribution in [3.8, 4) is 28.4 Å². The lowest BCUT2D eigenvalue weighted by Crippen LogP contribution is -1.93. The number of methoxy groups -OCH3 is 2. The first-order valence-electron chi connectivity index (χ1n) is 5.37. The molecule has 0 saturated heterocycles. The molecule has 0 bridgehead atoms. The zero-order chi connectivity index (χ0) is 13.1. The Morgan fingerprint density at radius 2 is 1.78 bits per heavy atom. The predicted molar refractivity (Wildman–Crippen MR) is 71.7 cm³/mol. The lowest BCUT2D eigenvalue weighted by Gasteiger charge is -2.13. The number of halogens is 1. The van der Waals surface area contributed by atoms with Crippen LogP contribution in [0.1, 0.15) is 0 Å². The molecule has 0 aromatic heterocycles. The first-order valence-corrected chi connectivity index (χ1v) is 5.75. The van der Waals surface area contributed by atoms with Gasteiger partial charge in [0.05, 0.1) is 14.2 Å². The molecular formula is C14H13ClO3. The maximum Gasteiger partial charge on any atom is 0.168 e. The molecule has 0 heterocycles. The molecule has 3 nitrogen and oxygen atoms in total. The highest BCUT2D eigenvalue weighted by atomic mass is 35.5. The van der Waals surface area contributed by atoms with Crippen LogP contribution in [0.3, 0.4) is 0 Å². The third-order valence-corrected chi connectivity index (χ3v) is 2.89. The number of phenols is 1. The van der Waals surface area contributed by atoms with Gasteiger partial charge in [0, 0.05) is 16.1 Å². The standard InChI is InChI=1S/C14H13ClO3/c1-17-13-5-3-4-10(14(13)18-2)11-8-9(15)6-7-12(11)16/h3-8,16H,1-2H3. The van der Waals surface area contributed by atoms with E-state index in [-0.39, 0.29) is 5.75 Å². The van der Waals surface area contributed by atoms with Gasteiger partial charge in [-0.2, -0.15) is 0 Å². The van der Waals surface area contributed by atoms with E-state index in [9.17, 15) is 5.11 Å². The van der Waals surface area contributed by atoms with Crippen molar-refractivity contribution in [2.75, 3.05) is 14.2 Å². The van der Waals surface area contributed by atoms with E-state index < -0.39 is 0 Å². The molecule has 0 radical (unpaired) electrons. The molecule has 0 spiro atoms. The van der Waals surface area contributed by atoms with Gasteiger partial charge in [0.25, 0.3) is 0 Å².